The van der Waals surface area contributed by atoms with Crippen LogP contribution < -0.4 is 11.0 Å². The lowest BCUT2D eigenvalue weighted by atomic mass is 10.2. The molecule has 0 unspecified atom stereocenters. The lowest BCUT2D eigenvalue weighted by Crippen LogP contribution is -2.17. The predicted molar refractivity (Wildman–Crippen MR) is 122 cm³/mol. The van der Waals surface area contributed by atoms with E-state index in [9.17, 15) is 9.59 Å². The highest BCUT2D eigenvalue weighted by Gasteiger charge is 2.12. The topological polar surface area (TPSA) is 97.6 Å². The van der Waals surface area contributed by atoms with Gasteiger partial charge in [-0.25, -0.2) is 14.5 Å². The Bertz CT molecular complexity index is 1480. The smallest absolute Gasteiger partial charge is 0.322 e. The number of imidazole rings is 1. The van der Waals surface area contributed by atoms with Crippen LogP contribution in [0.1, 0.15) is 21.6 Å². The molecule has 5 rings (SSSR count). The first-order valence-electron chi connectivity index (χ1n) is 10.1. The molecule has 1 amide bonds. The molecular formula is C24H20N6O2. The third kappa shape index (κ3) is 3.69. The number of anilines is 1. The second-order valence-corrected chi connectivity index (χ2v) is 7.50. The summed E-state index contributed by atoms with van der Waals surface area (Å²) in [4.78, 5) is 32.0. The second-order valence-electron chi connectivity index (χ2n) is 7.50. The highest BCUT2D eigenvalue weighted by molar-refractivity contribution is 6.05. The quantitative estimate of drug-likeness (QED) is 0.451. The van der Waals surface area contributed by atoms with Crippen LogP contribution in [0.2, 0.25) is 0 Å². The molecule has 0 aliphatic carbocycles. The second kappa shape index (κ2) is 7.99. The maximum Gasteiger partial charge on any atom is 0.330 e. The molecule has 0 aliphatic heterocycles. The molecule has 0 fully saturated rings. The summed E-state index contributed by atoms with van der Waals surface area (Å²) in [6.07, 6.45) is 4.90. The van der Waals surface area contributed by atoms with Crippen molar-refractivity contribution in [3.8, 4) is 5.69 Å². The molecule has 5 aromatic rings. The number of nitrogens with zero attached hydrogens (tertiary/aromatic N) is 4. The highest BCUT2D eigenvalue weighted by Crippen LogP contribution is 2.18. The van der Waals surface area contributed by atoms with Crippen molar-refractivity contribution >= 4 is 22.6 Å². The number of hydrogen-bond acceptors (Lipinski definition) is 4. The molecule has 8 nitrogen and oxygen atoms in total. The minimum Gasteiger partial charge on any atom is -0.322 e. The Balaban J connectivity index is 1.38. The van der Waals surface area contributed by atoms with Gasteiger partial charge in [0.15, 0.2) is 5.65 Å². The van der Waals surface area contributed by atoms with Crippen molar-refractivity contribution in [1.82, 2.24) is 24.3 Å². The number of H-pyrrole nitrogens is 1. The van der Waals surface area contributed by atoms with Crippen molar-refractivity contribution in [3.63, 3.8) is 0 Å². The summed E-state index contributed by atoms with van der Waals surface area (Å²) >= 11 is 0. The standard InChI is InChI=1S/C24H20N6O2/c1-16-12-26-24(32)30(16)21-9-5-8-20(11-21)28-23(31)19-10-18-14-27-29(22(18)25-13-19)15-17-6-3-2-4-7-17/h2-14H,15H2,1H3,(H,26,32)(H,28,31). The Kier molecular flexibility index (Phi) is 4.87. The fourth-order valence-electron chi connectivity index (χ4n) is 3.67. The molecule has 2 N–H and O–H groups in total. The molecule has 32 heavy (non-hydrogen) atoms. The molecule has 3 aromatic heterocycles. The van der Waals surface area contributed by atoms with Gasteiger partial charge in [-0.1, -0.05) is 36.4 Å². The number of benzene rings is 2. The zero-order valence-corrected chi connectivity index (χ0v) is 17.3. The number of aryl methyl sites for hydroxylation is 1. The van der Waals surface area contributed by atoms with E-state index in [-0.39, 0.29) is 11.6 Å². The molecule has 0 radical (unpaired) electrons. The Morgan fingerprint density at radius 3 is 2.69 bits per heavy atom. The largest absolute Gasteiger partial charge is 0.330 e. The van der Waals surface area contributed by atoms with Crippen LogP contribution in [0.15, 0.2) is 84.0 Å². The van der Waals surface area contributed by atoms with Crippen LogP contribution in [0.3, 0.4) is 0 Å². The third-order valence-corrected chi connectivity index (χ3v) is 5.24. The molecular weight excluding hydrogens is 404 g/mol. The van der Waals surface area contributed by atoms with E-state index in [0.717, 1.165) is 22.3 Å². The zero-order chi connectivity index (χ0) is 22.1. The number of amides is 1. The Morgan fingerprint density at radius 1 is 1.06 bits per heavy atom. The summed E-state index contributed by atoms with van der Waals surface area (Å²) in [5.41, 5.74) is 4.07. The molecule has 0 atom stereocenters. The summed E-state index contributed by atoms with van der Waals surface area (Å²) in [7, 11) is 0. The fourth-order valence-corrected chi connectivity index (χ4v) is 3.67. The Morgan fingerprint density at radius 2 is 1.91 bits per heavy atom. The minimum absolute atomic E-state index is 0.229. The number of rotatable bonds is 5. The number of nitrogens with one attached hydrogen (secondary N) is 2. The SMILES string of the molecule is Cc1c[nH]c(=O)n1-c1cccc(NC(=O)c2cnc3c(cnn3Cc3ccccc3)c2)c1. The van der Waals surface area contributed by atoms with Crippen LogP contribution in [0.5, 0.6) is 0 Å². The van der Waals surface area contributed by atoms with E-state index < -0.39 is 0 Å². The first-order chi connectivity index (χ1) is 15.6. The van der Waals surface area contributed by atoms with Gasteiger partial charge in [0.2, 0.25) is 0 Å². The van der Waals surface area contributed by atoms with Crippen LogP contribution in [0.4, 0.5) is 5.69 Å². The van der Waals surface area contributed by atoms with Crippen molar-refractivity contribution in [2.75, 3.05) is 5.32 Å². The van der Waals surface area contributed by atoms with Gasteiger partial charge in [-0.3, -0.25) is 9.36 Å². The number of carbonyl (C=O) groups is 1. The van der Waals surface area contributed by atoms with E-state index in [2.05, 4.69) is 20.4 Å². The van der Waals surface area contributed by atoms with Gasteiger partial charge in [-0.15, -0.1) is 0 Å². The predicted octanol–water partition coefficient (Wildman–Crippen LogP) is 3.52. The normalized spacial score (nSPS) is 11.0. The van der Waals surface area contributed by atoms with Gasteiger partial charge in [0.25, 0.3) is 5.91 Å². The van der Waals surface area contributed by atoms with Crippen molar-refractivity contribution in [1.29, 1.82) is 0 Å². The van der Waals surface area contributed by atoms with Gasteiger partial charge in [-0.2, -0.15) is 5.10 Å². The summed E-state index contributed by atoms with van der Waals surface area (Å²) < 4.78 is 3.36. The summed E-state index contributed by atoms with van der Waals surface area (Å²) in [6, 6.07) is 18.9. The maximum absolute atomic E-state index is 12.8. The number of aromatic nitrogens is 5. The molecule has 0 aliphatic rings. The zero-order valence-electron chi connectivity index (χ0n) is 17.3. The average molecular weight is 424 g/mol. The van der Waals surface area contributed by atoms with Crippen molar-refractivity contribution in [3.05, 3.63) is 107 Å². The van der Waals surface area contributed by atoms with E-state index in [1.54, 1.807) is 47.4 Å². The average Bonchev–Trinajstić information content (AvgIpc) is 3.36. The molecule has 8 heteroatoms. The summed E-state index contributed by atoms with van der Waals surface area (Å²) in [5, 5.41) is 8.09. The fraction of sp³-hybridized carbons (Fsp3) is 0.0833. The minimum atomic E-state index is -0.287. The summed E-state index contributed by atoms with van der Waals surface area (Å²) in [6.45, 7) is 2.44. The van der Waals surface area contributed by atoms with Crippen molar-refractivity contribution < 1.29 is 4.79 Å². The van der Waals surface area contributed by atoms with Crippen molar-refractivity contribution in [2.24, 2.45) is 0 Å². The van der Waals surface area contributed by atoms with Gasteiger partial charge in [0.1, 0.15) is 0 Å². The molecule has 2 aromatic carbocycles. The highest BCUT2D eigenvalue weighted by atomic mass is 16.2. The van der Waals surface area contributed by atoms with E-state index in [4.69, 9.17) is 0 Å². The third-order valence-electron chi connectivity index (χ3n) is 5.24. The molecule has 0 spiro atoms. The Labute approximate surface area is 183 Å². The number of pyridine rings is 1. The van der Waals surface area contributed by atoms with Gasteiger partial charge in [0.05, 0.1) is 24.0 Å². The first-order valence-corrected chi connectivity index (χ1v) is 10.1. The van der Waals surface area contributed by atoms with E-state index >= 15 is 0 Å². The van der Waals surface area contributed by atoms with E-state index in [1.165, 1.54) is 0 Å². The summed E-state index contributed by atoms with van der Waals surface area (Å²) in [5.74, 6) is -0.287. The van der Waals surface area contributed by atoms with Crippen LogP contribution in [0.25, 0.3) is 16.7 Å². The molecule has 0 bridgehead atoms. The maximum atomic E-state index is 12.8. The van der Waals surface area contributed by atoms with Gasteiger partial charge < -0.3 is 10.3 Å². The molecule has 0 saturated heterocycles. The lowest BCUT2D eigenvalue weighted by Gasteiger charge is -2.09. The van der Waals surface area contributed by atoms with Crippen LogP contribution in [-0.4, -0.2) is 30.2 Å². The Hall–Kier alpha value is -4.46. The number of aromatic amines is 1. The van der Waals surface area contributed by atoms with Gasteiger partial charge >= 0.3 is 5.69 Å². The molecule has 3 heterocycles. The van der Waals surface area contributed by atoms with Crippen molar-refractivity contribution in [2.45, 2.75) is 13.5 Å². The number of carbonyl (C=O) groups excluding carboxylic acids is 1. The molecule has 158 valence electrons. The van der Waals surface area contributed by atoms with Crippen LogP contribution in [0, 0.1) is 6.92 Å². The monoisotopic (exact) mass is 424 g/mol. The van der Waals surface area contributed by atoms with E-state index in [0.29, 0.717) is 23.5 Å². The van der Waals surface area contributed by atoms with Crippen LogP contribution in [-0.2, 0) is 6.54 Å². The number of hydrogen-bond donors (Lipinski definition) is 2. The van der Waals surface area contributed by atoms with Crippen LogP contribution >= 0.6 is 0 Å². The molecule has 0 saturated carbocycles. The first kappa shape index (κ1) is 19.5. The van der Waals surface area contributed by atoms with Gasteiger partial charge in [-0.05, 0) is 36.8 Å². The van der Waals surface area contributed by atoms with Gasteiger partial charge in [0, 0.05) is 29.2 Å². The van der Waals surface area contributed by atoms with E-state index in [1.807, 2.05) is 48.0 Å². The lowest BCUT2D eigenvalue weighted by molar-refractivity contribution is 0.102. The number of fused-ring (bicyclic) bond motifs is 1.